The lowest BCUT2D eigenvalue weighted by molar-refractivity contribution is -0.117. The van der Waals surface area contributed by atoms with E-state index in [0.717, 1.165) is 44.9 Å². The van der Waals surface area contributed by atoms with E-state index in [2.05, 4.69) is 20.6 Å². The van der Waals surface area contributed by atoms with Gasteiger partial charge < -0.3 is 29.3 Å². The van der Waals surface area contributed by atoms with Gasteiger partial charge in [-0.2, -0.15) is 13.8 Å². The van der Waals surface area contributed by atoms with Crippen molar-refractivity contribution < 1.29 is 37.0 Å². The summed E-state index contributed by atoms with van der Waals surface area (Å²) in [4.78, 5) is 33.7. The first-order chi connectivity index (χ1) is 22.3. The van der Waals surface area contributed by atoms with Crippen LogP contribution in [0.2, 0.25) is 5.02 Å². The second kappa shape index (κ2) is 14.0. The molecule has 10 nitrogen and oxygen atoms in total. The largest absolute Gasteiger partial charge is 0.470 e. The van der Waals surface area contributed by atoms with E-state index in [9.17, 15) is 18.4 Å². The Labute approximate surface area is 268 Å². The van der Waals surface area contributed by atoms with Gasteiger partial charge in [0.05, 0.1) is 41.4 Å². The van der Waals surface area contributed by atoms with Crippen LogP contribution in [-0.4, -0.2) is 48.2 Å². The molecule has 1 aliphatic heterocycles. The van der Waals surface area contributed by atoms with E-state index in [1.54, 1.807) is 30.3 Å². The first-order valence-electron chi connectivity index (χ1n) is 15.2. The van der Waals surface area contributed by atoms with Gasteiger partial charge in [-0.1, -0.05) is 17.7 Å². The van der Waals surface area contributed by atoms with Crippen molar-refractivity contribution in [2.45, 2.75) is 57.2 Å². The van der Waals surface area contributed by atoms with E-state index < -0.39 is 17.8 Å². The highest BCUT2D eigenvalue weighted by atomic mass is 35.5. The van der Waals surface area contributed by atoms with Crippen molar-refractivity contribution in [3.05, 3.63) is 76.4 Å². The van der Waals surface area contributed by atoms with Crippen molar-refractivity contribution >= 4 is 45.8 Å². The summed E-state index contributed by atoms with van der Waals surface area (Å²) in [5.74, 6) is -0.886. The molecule has 2 aromatic heterocycles. The standard InChI is InChI=1S/C33H33ClF2N4O6/c1-43-33(42)20-7-9-26(27(13-20)37-15-22-10-11-44-22)39-29(41)12-18-2-4-19(5-3-18)31-38-16-25(35)32(40-31)45-17-21-6-8-24(34)23-14-28(36)46-30(21)23/h6-9,13-14,16,18-19,22,37H,2-5,10-12,15,17H2,1H3,(H,39,41)/t18?,19?,22-/m0/s1. The van der Waals surface area contributed by atoms with Gasteiger partial charge in [-0.05, 0) is 62.3 Å². The molecule has 13 heteroatoms. The van der Waals surface area contributed by atoms with Crippen LogP contribution in [0, 0.1) is 17.7 Å². The Balaban J connectivity index is 1.04. The fourth-order valence-electron chi connectivity index (χ4n) is 5.84. The zero-order chi connectivity index (χ0) is 32.2. The van der Waals surface area contributed by atoms with Gasteiger partial charge in [0.25, 0.3) is 11.9 Å². The van der Waals surface area contributed by atoms with Gasteiger partial charge in [0, 0.05) is 42.5 Å². The number of halogens is 3. The molecule has 6 rings (SSSR count). The minimum absolute atomic E-state index is 0.0148. The predicted octanol–water partition coefficient (Wildman–Crippen LogP) is 7.02. The van der Waals surface area contributed by atoms with E-state index in [0.29, 0.717) is 51.7 Å². The van der Waals surface area contributed by atoms with Crippen molar-refractivity contribution in [2.24, 2.45) is 5.92 Å². The van der Waals surface area contributed by atoms with Crippen molar-refractivity contribution in [2.75, 3.05) is 30.9 Å². The summed E-state index contributed by atoms with van der Waals surface area (Å²) in [6.45, 7) is 1.18. The van der Waals surface area contributed by atoms with Gasteiger partial charge in [0.2, 0.25) is 11.7 Å². The minimum atomic E-state index is -0.779. The number of esters is 1. The fraction of sp³-hybridized carbons (Fsp3) is 0.394. The summed E-state index contributed by atoms with van der Waals surface area (Å²) in [5.41, 5.74) is 2.31. The monoisotopic (exact) mass is 654 g/mol. The molecule has 1 saturated heterocycles. The summed E-state index contributed by atoms with van der Waals surface area (Å²) in [7, 11) is 1.32. The van der Waals surface area contributed by atoms with Crippen molar-refractivity contribution in [1.82, 2.24) is 9.97 Å². The predicted molar refractivity (Wildman–Crippen MR) is 166 cm³/mol. The zero-order valence-corrected chi connectivity index (χ0v) is 25.9. The lowest BCUT2D eigenvalue weighted by Gasteiger charge is -2.28. The number of fused-ring (bicyclic) bond motifs is 1. The van der Waals surface area contributed by atoms with Gasteiger partial charge >= 0.3 is 5.97 Å². The van der Waals surface area contributed by atoms with E-state index in [1.165, 1.54) is 13.2 Å². The fourth-order valence-corrected chi connectivity index (χ4v) is 6.04. The molecule has 1 amide bonds. The number of anilines is 2. The Bertz CT molecular complexity index is 1740. The number of methoxy groups -OCH3 is 1. The highest BCUT2D eigenvalue weighted by Gasteiger charge is 2.27. The van der Waals surface area contributed by atoms with Crippen molar-refractivity contribution in [1.29, 1.82) is 0 Å². The summed E-state index contributed by atoms with van der Waals surface area (Å²) in [6.07, 6.45) is 5.47. The van der Waals surface area contributed by atoms with Gasteiger partial charge in [-0.3, -0.25) is 4.79 Å². The van der Waals surface area contributed by atoms with Crippen LogP contribution in [-0.2, 0) is 20.9 Å². The normalized spacial score (nSPS) is 19.3. The average molecular weight is 655 g/mol. The van der Waals surface area contributed by atoms with Crippen LogP contribution < -0.4 is 15.4 Å². The van der Waals surface area contributed by atoms with Gasteiger partial charge in [0.1, 0.15) is 18.0 Å². The number of amides is 1. The molecule has 3 heterocycles. The third-order valence-electron chi connectivity index (χ3n) is 8.49. The van der Waals surface area contributed by atoms with Crippen LogP contribution in [0.1, 0.15) is 66.2 Å². The molecule has 2 fully saturated rings. The zero-order valence-electron chi connectivity index (χ0n) is 25.1. The second-order valence-electron chi connectivity index (χ2n) is 11.6. The molecule has 1 atom stereocenters. The van der Waals surface area contributed by atoms with Crippen LogP contribution in [0.15, 0.2) is 47.0 Å². The maximum atomic E-state index is 14.6. The summed E-state index contributed by atoms with van der Waals surface area (Å²) < 4.78 is 49.4. The number of hydrogen-bond acceptors (Lipinski definition) is 9. The molecule has 4 aromatic rings. The molecule has 1 aliphatic carbocycles. The van der Waals surface area contributed by atoms with E-state index >= 15 is 0 Å². The molecule has 242 valence electrons. The topological polar surface area (TPSA) is 125 Å². The molecule has 2 aromatic carbocycles. The molecule has 0 bridgehead atoms. The smallest absolute Gasteiger partial charge is 0.337 e. The highest BCUT2D eigenvalue weighted by Crippen LogP contribution is 2.37. The minimum Gasteiger partial charge on any atom is -0.470 e. The molecule has 0 unspecified atom stereocenters. The van der Waals surface area contributed by atoms with Crippen molar-refractivity contribution in [3.8, 4) is 5.88 Å². The SMILES string of the molecule is COC(=O)c1ccc(NC(=O)CC2CCC(c3ncc(F)c(OCc4ccc(Cl)c5cc(F)oc45)n3)CC2)c(NC[C@@H]2CCO2)c1. The molecule has 2 N–H and O–H groups in total. The number of nitrogens with one attached hydrogen (secondary N) is 2. The van der Waals surface area contributed by atoms with Gasteiger partial charge in [-0.15, -0.1) is 0 Å². The van der Waals surface area contributed by atoms with Gasteiger partial charge in [0.15, 0.2) is 0 Å². The maximum absolute atomic E-state index is 14.6. The molecule has 0 spiro atoms. The summed E-state index contributed by atoms with van der Waals surface area (Å²) >= 11 is 6.13. The Morgan fingerprint density at radius 1 is 1.07 bits per heavy atom. The summed E-state index contributed by atoms with van der Waals surface area (Å²) in [6, 6.07) is 8.61. The number of rotatable bonds is 11. The Kier molecular flexibility index (Phi) is 9.64. The van der Waals surface area contributed by atoms with Crippen LogP contribution in [0.25, 0.3) is 11.0 Å². The first-order valence-corrected chi connectivity index (χ1v) is 15.5. The molecule has 1 saturated carbocycles. The number of carbonyl (C=O) groups excluding carboxylic acids is 2. The molecular formula is C33H33ClF2N4O6. The number of nitrogens with zero attached hydrogens (tertiary/aromatic N) is 2. The lowest BCUT2D eigenvalue weighted by atomic mass is 9.80. The lowest BCUT2D eigenvalue weighted by Crippen LogP contribution is -2.33. The van der Waals surface area contributed by atoms with Crippen LogP contribution in [0.3, 0.4) is 0 Å². The Morgan fingerprint density at radius 3 is 2.61 bits per heavy atom. The third-order valence-corrected chi connectivity index (χ3v) is 8.82. The number of hydrogen-bond donors (Lipinski definition) is 2. The Morgan fingerprint density at radius 2 is 1.87 bits per heavy atom. The van der Waals surface area contributed by atoms with Crippen LogP contribution in [0.5, 0.6) is 5.88 Å². The van der Waals surface area contributed by atoms with Gasteiger partial charge in [-0.25, -0.2) is 9.78 Å². The highest BCUT2D eigenvalue weighted by molar-refractivity contribution is 6.35. The van der Waals surface area contributed by atoms with E-state index in [-0.39, 0.29) is 41.9 Å². The number of carbonyl (C=O) groups is 2. The third kappa shape index (κ3) is 7.23. The number of aromatic nitrogens is 2. The maximum Gasteiger partial charge on any atom is 0.337 e. The van der Waals surface area contributed by atoms with Crippen LogP contribution in [0.4, 0.5) is 20.2 Å². The number of ether oxygens (including phenoxy) is 3. The first kappa shape index (κ1) is 31.7. The molecule has 2 aliphatic rings. The number of benzene rings is 2. The number of furan rings is 1. The molecule has 46 heavy (non-hydrogen) atoms. The summed E-state index contributed by atoms with van der Waals surface area (Å²) in [5, 5.41) is 7.01. The second-order valence-corrected chi connectivity index (χ2v) is 12.0. The molecule has 0 radical (unpaired) electrons. The molecular weight excluding hydrogens is 622 g/mol. The van der Waals surface area contributed by atoms with E-state index in [1.807, 2.05) is 0 Å². The van der Waals surface area contributed by atoms with Crippen molar-refractivity contribution in [3.63, 3.8) is 0 Å². The quantitative estimate of drug-likeness (QED) is 0.164. The average Bonchev–Trinajstić information content (AvgIpc) is 3.44. The van der Waals surface area contributed by atoms with Crippen LogP contribution >= 0.6 is 11.6 Å². The van der Waals surface area contributed by atoms with E-state index in [4.69, 9.17) is 30.2 Å². The Hall–Kier alpha value is -4.29.